The van der Waals surface area contributed by atoms with Crippen LogP contribution in [-0.2, 0) is 0 Å². The van der Waals surface area contributed by atoms with Gasteiger partial charge in [0.05, 0.1) is 0 Å². The maximum atomic E-state index is 4.65. The molecule has 1 N–H and O–H groups in total. The predicted octanol–water partition coefficient (Wildman–Crippen LogP) is 4.80. The molecule has 1 atom stereocenters. The molecule has 0 radical (unpaired) electrons. The van der Waals surface area contributed by atoms with Gasteiger partial charge in [0.25, 0.3) is 0 Å². The van der Waals surface area contributed by atoms with Crippen molar-refractivity contribution < 1.29 is 0 Å². The fourth-order valence-electron chi connectivity index (χ4n) is 2.58. The Kier molecular flexibility index (Phi) is 4.95. The number of rotatable bonds is 5. The molecule has 0 bridgehead atoms. The maximum Gasteiger partial charge on any atom is 0.124 e. The van der Waals surface area contributed by atoms with Crippen molar-refractivity contribution in [2.75, 3.05) is 6.54 Å². The molecule has 3 heteroatoms. The number of aryl methyl sites for hydroxylation is 3. The van der Waals surface area contributed by atoms with Crippen LogP contribution in [0.1, 0.15) is 47.9 Å². The van der Waals surface area contributed by atoms with Gasteiger partial charge in [-0.3, -0.25) is 0 Å². The highest BCUT2D eigenvalue weighted by Crippen LogP contribution is 2.33. The molecule has 0 aliphatic rings. The molecule has 1 unspecified atom stereocenters. The SMILES string of the molecule is CCCNC(C)c1cnc(-c2c(C)cc(C)cc2C)s1. The second-order valence-corrected chi connectivity index (χ2v) is 6.58. The summed E-state index contributed by atoms with van der Waals surface area (Å²) < 4.78 is 0. The van der Waals surface area contributed by atoms with Crippen molar-refractivity contribution in [3.8, 4) is 10.6 Å². The standard InChI is InChI=1S/C17H24N2S/c1-6-7-18-14(5)15-10-19-17(20-15)16-12(3)8-11(2)9-13(16)4/h8-10,14,18H,6-7H2,1-5H3. The molecule has 0 fully saturated rings. The van der Waals surface area contributed by atoms with Gasteiger partial charge in [-0.15, -0.1) is 11.3 Å². The molecule has 0 aliphatic carbocycles. The van der Waals surface area contributed by atoms with Crippen LogP contribution in [0.4, 0.5) is 0 Å². The Labute approximate surface area is 126 Å². The van der Waals surface area contributed by atoms with Crippen LogP contribution in [0.2, 0.25) is 0 Å². The maximum absolute atomic E-state index is 4.65. The zero-order chi connectivity index (χ0) is 14.7. The molecule has 1 aromatic carbocycles. The van der Waals surface area contributed by atoms with Crippen molar-refractivity contribution in [3.05, 3.63) is 39.9 Å². The lowest BCUT2D eigenvalue weighted by molar-refractivity contribution is 0.577. The fraction of sp³-hybridized carbons (Fsp3) is 0.471. The van der Waals surface area contributed by atoms with Crippen LogP contribution in [0.15, 0.2) is 18.3 Å². The third kappa shape index (κ3) is 3.28. The molecule has 0 saturated heterocycles. The fourth-order valence-corrected chi connectivity index (χ4v) is 3.70. The summed E-state index contributed by atoms with van der Waals surface area (Å²) in [5.74, 6) is 0. The third-order valence-electron chi connectivity index (χ3n) is 3.54. The molecule has 2 nitrogen and oxygen atoms in total. The van der Waals surface area contributed by atoms with Crippen LogP contribution in [0, 0.1) is 20.8 Å². The van der Waals surface area contributed by atoms with Gasteiger partial charge in [0.2, 0.25) is 0 Å². The lowest BCUT2D eigenvalue weighted by Crippen LogP contribution is -2.18. The minimum atomic E-state index is 0.382. The molecular formula is C17H24N2S. The van der Waals surface area contributed by atoms with Crippen molar-refractivity contribution >= 4 is 11.3 Å². The van der Waals surface area contributed by atoms with E-state index in [1.165, 1.54) is 27.1 Å². The molecule has 0 aliphatic heterocycles. The van der Waals surface area contributed by atoms with Gasteiger partial charge in [0.15, 0.2) is 0 Å². The Morgan fingerprint density at radius 2 is 1.85 bits per heavy atom. The first kappa shape index (κ1) is 15.2. The molecular weight excluding hydrogens is 264 g/mol. The van der Waals surface area contributed by atoms with Crippen molar-refractivity contribution in [2.24, 2.45) is 0 Å². The molecule has 0 amide bonds. The van der Waals surface area contributed by atoms with E-state index in [-0.39, 0.29) is 0 Å². The first-order valence-corrected chi connectivity index (χ1v) is 8.12. The summed E-state index contributed by atoms with van der Waals surface area (Å²) in [6.07, 6.45) is 3.18. The second-order valence-electron chi connectivity index (χ2n) is 5.52. The van der Waals surface area contributed by atoms with Crippen LogP contribution in [-0.4, -0.2) is 11.5 Å². The Morgan fingerprint density at radius 3 is 2.45 bits per heavy atom. The van der Waals surface area contributed by atoms with E-state index >= 15 is 0 Å². The first-order valence-electron chi connectivity index (χ1n) is 7.30. The highest BCUT2D eigenvalue weighted by Gasteiger charge is 2.13. The van der Waals surface area contributed by atoms with Gasteiger partial charge in [0.1, 0.15) is 5.01 Å². The van der Waals surface area contributed by atoms with Crippen molar-refractivity contribution in [1.82, 2.24) is 10.3 Å². The summed E-state index contributed by atoms with van der Waals surface area (Å²) in [6, 6.07) is 4.86. The number of aromatic nitrogens is 1. The van der Waals surface area contributed by atoms with E-state index in [2.05, 4.69) is 57.1 Å². The van der Waals surface area contributed by atoms with E-state index < -0.39 is 0 Å². The van der Waals surface area contributed by atoms with E-state index in [1.807, 2.05) is 6.20 Å². The van der Waals surface area contributed by atoms with Gasteiger partial charge >= 0.3 is 0 Å². The Morgan fingerprint density at radius 1 is 1.20 bits per heavy atom. The first-order chi connectivity index (χ1) is 9.52. The molecule has 2 rings (SSSR count). The molecule has 108 valence electrons. The number of hydrogen-bond donors (Lipinski definition) is 1. The minimum absolute atomic E-state index is 0.382. The van der Waals surface area contributed by atoms with Crippen molar-refractivity contribution in [3.63, 3.8) is 0 Å². The van der Waals surface area contributed by atoms with Crippen LogP contribution in [0.25, 0.3) is 10.6 Å². The number of nitrogens with one attached hydrogen (secondary N) is 1. The highest BCUT2D eigenvalue weighted by atomic mass is 32.1. The zero-order valence-electron chi connectivity index (χ0n) is 13.1. The summed E-state index contributed by atoms with van der Waals surface area (Å²) >= 11 is 1.81. The summed E-state index contributed by atoms with van der Waals surface area (Å²) in [5, 5.41) is 4.66. The van der Waals surface area contributed by atoms with E-state index in [4.69, 9.17) is 0 Å². The number of thiazole rings is 1. The average Bonchev–Trinajstić information content (AvgIpc) is 2.84. The average molecular weight is 288 g/mol. The monoisotopic (exact) mass is 288 g/mol. The topological polar surface area (TPSA) is 24.9 Å². The van der Waals surface area contributed by atoms with Gasteiger partial charge in [-0.25, -0.2) is 4.98 Å². The lowest BCUT2D eigenvalue weighted by atomic mass is 10.0. The molecule has 20 heavy (non-hydrogen) atoms. The van der Waals surface area contributed by atoms with E-state index in [0.717, 1.165) is 18.0 Å². The number of benzene rings is 1. The molecule has 2 aromatic rings. The van der Waals surface area contributed by atoms with Gasteiger partial charge in [-0.2, -0.15) is 0 Å². The van der Waals surface area contributed by atoms with E-state index in [9.17, 15) is 0 Å². The van der Waals surface area contributed by atoms with Gasteiger partial charge in [-0.1, -0.05) is 24.6 Å². The van der Waals surface area contributed by atoms with E-state index in [0.29, 0.717) is 6.04 Å². The number of hydrogen-bond acceptors (Lipinski definition) is 3. The smallest absolute Gasteiger partial charge is 0.124 e. The molecule has 1 aromatic heterocycles. The number of nitrogens with zero attached hydrogens (tertiary/aromatic N) is 1. The van der Waals surface area contributed by atoms with Crippen LogP contribution < -0.4 is 5.32 Å². The quantitative estimate of drug-likeness (QED) is 0.855. The highest BCUT2D eigenvalue weighted by molar-refractivity contribution is 7.15. The van der Waals surface area contributed by atoms with Crippen LogP contribution in [0.5, 0.6) is 0 Å². The zero-order valence-corrected chi connectivity index (χ0v) is 13.9. The molecule has 0 spiro atoms. The summed E-state index contributed by atoms with van der Waals surface area (Å²) in [4.78, 5) is 5.96. The van der Waals surface area contributed by atoms with Crippen molar-refractivity contribution in [2.45, 2.75) is 47.1 Å². The molecule has 1 heterocycles. The summed E-state index contributed by atoms with van der Waals surface area (Å²) in [7, 11) is 0. The largest absolute Gasteiger partial charge is 0.309 e. The second kappa shape index (κ2) is 6.51. The summed E-state index contributed by atoms with van der Waals surface area (Å²) in [6.45, 7) is 12.0. The van der Waals surface area contributed by atoms with Crippen LogP contribution >= 0.6 is 11.3 Å². The Bertz CT molecular complexity index is 563. The van der Waals surface area contributed by atoms with Gasteiger partial charge in [-0.05, 0) is 51.8 Å². The molecule has 0 saturated carbocycles. The van der Waals surface area contributed by atoms with Gasteiger partial charge in [0, 0.05) is 22.7 Å². The normalized spacial score (nSPS) is 12.7. The van der Waals surface area contributed by atoms with Crippen LogP contribution in [0.3, 0.4) is 0 Å². The van der Waals surface area contributed by atoms with Crippen molar-refractivity contribution in [1.29, 1.82) is 0 Å². The predicted molar refractivity (Wildman–Crippen MR) is 88.5 cm³/mol. The minimum Gasteiger partial charge on any atom is -0.309 e. The Balaban J connectivity index is 2.29. The van der Waals surface area contributed by atoms with E-state index in [1.54, 1.807) is 11.3 Å². The lowest BCUT2D eigenvalue weighted by Gasteiger charge is -2.10. The third-order valence-corrected chi connectivity index (χ3v) is 4.74. The van der Waals surface area contributed by atoms with Gasteiger partial charge < -0.3 is 5.32 Å². The summed E-state index contributed by atoms with van der Waals surface area (Å²) in [5.41, 5.74) is 5.25. The Hall–Kier alpha value is -1.19.